The molecule has 0 saturated heterocycles. The van der Waals surface area contributed by atoms with Crippen molar-refractivity contribution in [2.75, 3.05) is 4.90 Å². The summed E-state index contributed by atoms with van der Waals surface area (Å²) in [4.78, 5) is 2.40. The van der Waals surface area contributed by atoms with Gasteiger partial charge in [0.25, 0.3) is 0 Å². The van der Waals surface area contributed by atoms with Gasteiger partial charge in [-0.25, -0.2) is 0 Å². The lowest BCUT2D eigenvalue weighted by molar-refractivity contribution is 0.665. The van der Waals surface area contributed by atoms with Crippen LogP contribution in [0.5, 0.6) is 0 Å². The van der Waals surface area contributed by atoms with Gasteiger partial charge in [0.2, 0.25) is 0 Å². The molecule has 0 unspecified atom stereocenters. The molecule has 2 heterocycles. The van der Waals surface area contributed by atoms with E-state index in [9.17, 15) is 0 Å². The van der Waals surface area contributed by atoms with Gasteiger partial charge >= 0.3 is 0 Å². The van der Waals surface area contributed by atoms with Gasteiger partial charge in [-0.2, -0.15) is 0 Å². The number of hydrogen-bond donors (Lipinski definition) is 0. The van der Waals surface area contributed by atoms with E-state index in [0.717, 1.165) is 43.5 Å². The molecule has 9 rings (SSSR count). The summed E-state index contributed by atoms with van der Waals surface area (Å²) in [6, 6.07) is 45.5. The van der Waals surface area contributed by atoms with E-state index in [1.807, 2.05) is 12.1 Å². The summed E-state index contributed by atoms with van der Waals surface area (Å²) in [6.07, 6.45) is 0. The van der Waals surface area contributed by atoms with Crippen molar-refractivity contribution in [1.29, 1.82) is 0 Å². The standard InChI is InChI=1S/C37H21BrClNO/c38-22-14-17-33-31(18-22)37(29-12-6-4-10-25(29)26-11-5-7-13-30(26)37)32-21-36-28(27-16-15-23(39)19-35(27)41-36)20-34(32)40(33)24-8-2-1-3-9-24/h1-21H. The summed E-state index contributed by atoms with van der Waals surface area (Å²) in [6.45, 7) is 0. The van der Waals surface area contributed by atoms with E-state index in [2.05, 4.69) is 136 Å². The lowest BCUT2D eigenvalue weighted by Crippen LogP contribution is -2.36. The Labute approximate surface area is 250 Å². The maximum Gasteiger partial charge on any atom is 0.136 e. The Kier molecular flexibility index (Phi) is 4.77. The highest BCUT2D eigenvalue weighted by Crippen LogP contribution is 2.64. The lowest BCUT2D eigenvalue weighted by atomic mass is 9.64. The molecular formula is C37H21BrClNO. The maximum atomic E-state index is 6.52. The molecule has 1 spiro atoms. The molecule has 194 valence electrons. The summed E-state index contributed by atoms with van der Waals surface area (Å²) in [7, 11) is 0. The Bertz CT molecular complexity index is 2150. The van der Waals surface area contributed by atoms with Gasteiger partial charge in [0.1, 0.15) is 11.2 Å². The highest BCUT2D eigenvalue weighted by molar-refractivity contribution is 9.10. The van der Waals surface area contributed by atoms with Gasteiger partial charge in [0.15, 0.2) is 0 Å². The number of fused-ring (bicyclic) bond motifs is 12. The maximum absolute atomic E-state index is 6.52. The molecule has 1 aromatic heterocycles. The van der Waals surface area contributed by atoms with Gasteiger partial charge in [0.05, 0.1) is 16.8 Å². The molecule has 1 aliphatic heterocycles. The van der Waals surface area contributed by atoms with Crippen molar-refractivity contribution >= 4 is 66.5 Å². The normalized spacial score (nSPS) is 14.2. The number of furan rings is 1. The van der Waals surface area contributed by atoms with Crippen molar-refractivity contribution in [2.45, 2.75) is 5.41 Å². The van der Waals surface area contributed by atoms with Gasteiger partial charge < -0.3 is 9.32 Å². The fraction of sp³-hybridized carbons (Fsp3) is 0.0270. The molecule has 1 aliphatic carbocycles. The number of halogens is 2. The monoisotopic (exact) mass is 609 g/mol. The van der Waals surface area contributed by atoms with E-state index in [4.69, 9.17) is 16.0 Å². The quantitative estimate of drug-likeness (QED) is 0.184. The smallest absolute Gasteiger partial charge is 0.136 e. The van der Waals surface area contributed by atoms with Crippen LogP contribution in [0.2, 0.25) is 5.02 Å². The molecule has 0 amide bonds. The minimum absolute atomic E-state index is 0.530. The highest BCUT2D eigenvalue weighted by Gasteiger charge is 2.52. The zero-order valence-corrected chi connectivity index (χ0v) is 24.1. The van der Waals surface area contributed by atoms with E-state index in [1.165, 1.54) is 33.4 Å². The predicted molar refractivity (Wildman–Crippen MR) is 172 cm³/mol. The average molecular weight is 611 g/mol. The largest absolute Gasteiger partial charge is 0.456 e. The van der Waals surface area contributed by atoms with Crippen LogP contribution in [0.1, 0.15) is 22.3 Å². The average Bonchev–Trinajstić information content (AvgIpc) is 3.50. The van der Waals surface area contributed by atoms with E-state index in [0.29, 0.717) is 5.02 Å². The van der Waals surface area contributed by atoms with Crippen molar-refractivity contribution in [3.63, 3.8) is 0 Å². The molecule has 0 fully saturated rings. The van der Waals surface area contributed by atoms with Gasteiger partial charge in [-0.15, -0.1) is 0 Å². The number of hydrogen-bond acceptors (Lipinski definition) is 2. The molecular weight excluding hydrogens is 590 g/mol. The molecule has 0 radical (unpaired) electrons. The molecule has 7 aromatic rings. The lowest BCUT2D eigenvalue weighted by Gasteiger charge is -2.45. The van der Waals surface area contributed by atoms with Crippen LogP contribution in [0.25, 0.3) is 33.1 Å². The first-order valence-corrected chi connectivity index (χ1v) is 14.8. The molecule has 2 nitrogen and oxygen atoms in total. The number of nitrogens with zero attached hydrogens (tertiary/aromatic N) is 1. The van der Waals surface area contributed by atoms with Crippen LogP contribution >= 0.6 is 27.5 Å². The van der Waals surface area contributed by atoms with Gasteiger partial charge in [-0.3, -0.25) is 0 Å². The van der Waals surface area contributed by atoms with Crippen LogP contribution in [0, 0.1) is 0 Å². The Balaban J connectivity index is 1.51. The third-order valence-electron chi connectivity index (χ3n) is 8.77. The van der Waals surface area contributed by atoms with E-state index >= 15 is 0 Å². The summed E-state index contributed by atoms with van der Waals surface area (Å²) < 4.78 is 7.57. The molecule has 4 heteroatoms. The second kappa shape index (κ2) is 8.36. The molecule has 0 bridgehead atoms. The van der Waals surface area contributed by atoms with Crippen molar-refractivity contribution in [2.24, 2.45) is 0 Å². The van der Waals surface area contributed by atoms with Crippen molar-refractivity contribution in [3.05, 3.63) is 159 Å². The topological polar surface area (TPSA) is 16.4 Å². The molecule has 6 aromatic carbocycles. The second-order valence-electron chi connectivity index (χ2n) is 10.8. The molecule has 0 atom stereocenters. The van der Waals surface area contributed by atoms with E-state index < -0.39 is 5.41 Å². The Morgan fingerprint density at radius 1 is 0.561 bits per heavy atom. The Morgan fingerprint density at radius 3 is 1.98 bits per heavy atom. The number of anilines is 3. The van der Waals surface area contributed by atoms with Gasteiger partial charge in [-0.05, 0) is 88.0 Å². The fourth-order valence-corrected chi connectivity index (χ4v) is 7.74. The first kappa shape index (κ1) is 23.4. The zero-order valence-electron chi connectivity index (χ0n) is 21.7. The number of para-hydroxylation sites is 1. The van der Waals surface area contributed by atoms with E-state index in [1.54, 1.807) is 0 Å². The molecule has 0 saturated carbocycles. The second-order valence-corrected chi connectivity index (χ2v) is 12.1. The number of rotatable bonds is 1. The van der Waals surface area contributed by atoms with Crippen LogP contribution < -0.4 is 4.90 Å². The first-order valence-electron chi connectivity index (χ1n) is 13.7. The summed E-state index contributed by atoms with van der Waals surface area (Å²) in [5, 5.41) is 2.80. The Hall–Kier alpha value is -4.31. The molecule has 0 N–H and O–H groups in total. The first-order chi connectivity index (χ1) is 20.1. The molecule has 2 aliphatic rings. The minimum atomic E-state index is -0.530. The third-order valence-corrected chi connectivity index (χ3v) is 9.50. The van der Waals surface area contributed by atoms with Crippen LogP contribution in [-0.4, -0.2) is 0 Å². The number of benzene rings is 6. The summed E-state index contributed by atoms with van der Waals surface area (Å²) >= 11 is 10.2. The van der Waals surface area contributed by atoms with E-state index in [-0.39, 0.29) is 0 Å². The van der Waals surface area contributed by atoms with Crippen molar-refractivity contribution in [3.8, 4) is 11.1 Å². The Morgan fingerprint density at radius 2 is 1.22 bits per heavy atom. The third kappa shape index (κ3) is 3.03. The minimum Gasteiger partial charge on any atom is -0.456 e. The van der Waals surface area contributed by atoms with Crippen LogP contribution in [0.4, 0.5) is 17.1 Å². The van der Waals surface area contributed by atoms with Crippen molar-refractivity contribution < 1.29 is 4.42 Å². The summed E-state index contributed by atoms with van der Waals surface area (Å²) in [5.74, 6) is 0. The fourth-order valence-electron chi connectivity index (χ4n) is 7.22. The van der Waals surface area contributed by atoms with Crippen LogP contribution in [-0.2, 0) is 5.41 Å². The van der Waals surface area contributed by atoms with Gasteiger partial charge in [-0.1, -0.05) is 94.3 Å². The molecule has 41 heavy (non-hydrogen) atoms. The van der Waals surface area contributed by atoms with Crippen molar-refractivity contribution in [1.82, 2.24) is 0 Å². The van der Waals surface area contributed by atoms with Crippen LogP contribution in [0.3, 0.4) is 0 Å². The SMILES string of the molecule is Clc1ccc2c(c1)oc1cc3c(cc12)N(c1ccccc1)c1ccc(Br)cc1C31c2ccccc2-c2ccccc21. The predicted octanol–water partition coefficient (Wildman–Crippen LogP) is 11.1. The highest BCUT2D eigenvalue weighted by atomic mass is 79.9. The van der Waals surface area contributed by atoms with Gasteiger partial charge in [0, 0.05) is 32.0 Å². The van der Waals surface area contributed by atoms with Crippen LogP contribution in [0.15, 0.2) is 136 Å². The zero-order chi connectivity index (χ0) is 27.3. The summed E-state index contributed by atoms with van der Waals surface area (Å²) in [5.41, 5.74) is 12.1.